The Morgan fingerprint density at radius 1 is 1.35 bits per heavy atom. The van der Waals surface area contributed by atoms with Crippen LogP contribution in [0.2, 0.25) is 0 Å². The molecule has 162 valence electrons. The second kappa shape index (κ2) is 8.63. The summed E-state index contributed by atoms with van der Waals surface area (Å²) < 4.78 is 0. The van der Waals surface area contributed by atoms with Gasteiger partial charge in [0.2, 0.25) is 0 Å². The van der Waals surface area contributed by atoms with E-state index in [2.05, 4.69) is 23.3 Å². The molecule has 6 nitrogen and oxygen atoms in total. The Balaban J connectivity index is 1.55. The van der Waals surface area contributed by atoms with Gasteiger partial charge < -0.3 is 20.7 Å². The number of nitrogens with zero attached hydrogens (tertiary/aromatic N) is 2. The van der Waals surface area contributed by atoms with E-state index in [-0.39, 0.29) is 11.9 Å². The Morgan fingerprint density at radius 2 is 2.16 bits per heavy atom. The summed E-state index contributed by atoms with van der Waals surface area (Å²) in [7, 11) is 1.81. The van der Waals surface area contributed by atoms with Crippen molar-refractivity contribution in [2.75, 3.05) is 7.05 Å². The molecule has 1 saturated carbocycles. The Bertz CT molecular complexity index is 1040. The zero-order valence-electron chi connectivity index (χ0n) is 18.4. The number of aliphatic hydroxyl groups excluding tert-OH is 1. The summed E-state index contributed by atoms with van der Waals surface area (Å²) in [6.45, 7) is 4.43. The molecule has 0 radical (unpaired) electrons. The van der Waals surface area contributed by atoms with Gasteiger partial charge in [-0.15, -0.1) is 0 Å². The predicted molar refractivity (Wildman–Crippen MR) is 122 cm³/mol. The largest absolute Gasteiger partial charge is 0.393 e. The maximum atomic E-state index is 13.1. The predicted octanol–water partition coefficient (Wildman–Crippen LogP) is 3.45. The van der Waals surface area contributed by atoms with Crippen LogP contribution >= 0.6 is 0 Å². The third kappa shape index (κ3) is 4.12. The van der Waals surface area contributed by atoms with Crippen molar-refractivity contribution < 1.29 is 9.90 Å². The second-order valence-corrected chi connectivity index (χ2v) is 8.63. The molecule has 0 unspecified atom stereocenters. The van der Waals surface area contributed by atoms with Crippen LogP contribution in [0.4, 0.5) is 0 Å². The van der Waals surface area contributed by atoms with E-state index in [0.717, 1.165) is 58.3 Å². The first-order valence-corrected chi connectivity index (χ1v) is 10.9. The number of aliphatic hydroxyl groups is 1. The van der Waals surface area contributed by atoms with E-state index in [9.17, 15) is 9.90 Å². The molecule has 1 aromatic heterocycles. The van der Waals surface area contributed by atoms with Gasteiger partial charge >= 0.3 is 0 Å². The van der Waals surface area contributed by atoms with Crippen molar-refractivity contribution in [1.29, 1.82) is 5.41 Å². The summed E-state index contributed by atoms with van der Waals surface area (Å²) >= 11 is 0. The van der Waals surface area contributed by atoms with Crippen LogP contribution < -0.4 is 5.32 Å². The summed E-state index contributed by atoms with van der Waals surface area (Å²) in [5.74, 6) is 0.0407. The highest BCUT2D eigenvalue weighted by Gasteiger charge is 2.38. The van der Waals surface area contributed by atoms with Gasteiger partial charge in [-0.3, -0.25) is 9.78 Å². The number of hydrogen-bond acceptors (Lipinski definition) is 5. The number of nitrogens with one attached hydrogen (secondary N) is 2. The third-order valence-electron chi connectivity index (χ3n) is 6.43. The van der Waals surface area contributed by atoms with Crippen molar-refractivity contribution in [2.24, 2.45) is 0 Å². The maximum absolute atomic E-state index is 13.1. The van der Waals surface area contributed by atoms with Crippen LogP contribution in [-0.2, 0) is 13.0 Å². The van der Waals surface area contributed by atoms with Crippen LogP contribution in [0.1, 0.15) is 64.5 Å². The van der Waals surface area contributed by atoms with Crippen LogP contribution in [0.3, 0.4) is 0 Å². The van der Waals surface area contributed by atoms with Gasteiger partial charge in [0.25, 0.3) is 5.91 Å². The van der Waals surface area contributed by atoms with Crippen LogP contribution in [0.5, 0.6) is 0 Å². The number of pyridine rings is 1. The van der Waals surface area contributed by atoms with E-state index in [1.54, 1.807) is 13.1 Å². The fourth-order valence-electron chi connectivity index (χ4n) is 4.72. The molecule has 1 aromatic carbocycles. The number of hydrogen-bond donors (Lipinski definition) is 3. The number of carbonyl (C=O) groups excluding carboxylic acids is 1. The van der Waals surface area contributed by atoms with Crippen LogP contribution in [0.25, 0.3) is 5.57 Å². The minimum atomic E-state index is -0.408. The molecule has 6 heteroatoms. The van der Waals surface area contributed by atoms with E-state index < -0.39 is 6.10 Å². The Morgan fingerprint density at radius 3 is 2.77 bits per heavy atom. The molecule has 2 heterocycles. The lowest BCUT2D eigenvalue weighted by Gasteiger charge is -2.26. The first kappa shape index (κ1) is 21.2. The molecule has 2 aliphatic rings. The van der Waals surface area contributed by atoms with Gasteiger partial charge in [-0.25, -0.2) is 0 Å². The summed E-state index contributed by atoms with van der Waals surface area (Å²) in [5, 5.41) is 21.2. The molecule has 2 aromatic rings. The van der Waals surface area contributed by atoms with E-state index >= 15 is 0 Å². The molecule has 3 N–H and O–H groups in total. The average Bonchev–Trinajstić information content (AvgIpc) is 3.30. The van der Waals surface area contributed by atoms with E-state index in [1.807, 2.05) is 36.3 Å². The number of amides is 1. The molecule has 0 bridgehead atoms. The van der Waals surface area contributed by atoms with Crippen molar-refractivity contribution in [3.8, 4) is 0 Å². The fourth-order valence-corrected chi connectivity index (χ4v) is 4.72. The molecular formula is C25H30N4O2. The van der Waals surface area contributed by atoms with Crippen molar-refractivity contribution in [3.63, 3.8) is 0 Å². The van der Waals surface area contributed by atoms with Crippen molar-refractivity contribution in [1.82, 2.24) is 15.2 Å². The highest BCUT2D eigenvalue weighted by molar-refractivity contribution is 6.20. The van der Waals surface area contributed by atoms with Gasteiger partial charge in [0.15, 0.2) is 0 Å². The average molecular weight is 419 g/mol. The third-order valence-corrected chi connectivity index (χ3v) is 6.43. The van der Waals surface area contributed by atoms with Gasteiger partial charge in [-0.2, -0.15) is 0 Å². The Kier molecular flexibility index (Phi) is 5.92. The van der Waals surface area contributed by atoms with Crippen molar-refractivity contribution in [2.45, 2.75) is 58.2 Å². The first-order valence-electron chi connectivity index (χ1n) is 10.9. The number of carbonyl (C=O) groups is 1. The smallest absolute Gasteiger partial charge is 0.254 e. The highest BCUT2D eigenvalue weighted by atomic mass is 16.3. The van der Waals surface area contributed by atoms with Gasteiger partial charge in [-0.1, -0.05) is 12.1 Å². The van der Waals surface area contributed by atoms with E-state index in [1.165, 1.54) is 0 Å². The molecule has 1 aliphatic heterocycles. The zero-order chi connectivity index (χ0) is 22.1. The first-order chi connectivity index (χ1) is 14.9. The Labute approximate surface area is 183 Å². The number of aromatic nitrogens is 1. The van der Waals surface area contributed by atoms with Crippen LogP contribution in [0.15, 0.2) is 36.7 Å². The SMILES string of the molecule is CN/C=C(\C(C)=N)c1ccc(Cc2cc3c(cc2C)CN([C@H]2CCC[C@@H]2O)C3=O)cn1. The van der Waals surface area contributed by atoms with Gasteiger partial charge in [-0.05, 0) is 73.9 Å². The molecule has 1 amide bonds. The number of aryl methyl sites for hydroxylation is 1. The summed E-state index contributed by atoms with van der Waals surface area (Å²) in [6.07, 6.45) is 6.55. The quantitative estimate of drug-likeness (QED) is 0.627. The molecule has 31 heavy (non-hydrogen) atoms. The van der Waals surface area contributed by atoms with E-state index in [4.69, 9.17) is 5.41 Å². The molecule has 0 saturated heterocycles. The van der Waals surface area contributed by atoms with Crippen molar-refractivity contribution >= 4 is 17.2 Å². The molecule has 0 spiro atoms. The summed E-state index contributed by atoms with van der Waals surface area (Å²) in [5.41, 5.74) is 7.15. The lowest BCUT2D eigenvalue weighted by molar-refractivity contribution is 0.0479. The monoisotopic (exact) mass is 418 g/mol. The van der Waals surface area contributed by atoms with Crippen LogP contribution in [0, 0.1) is 12.3 Å². The normalized spacial score (nSPS) is 20.8. The molecule has 1 aliphatic carbocycles. The number of rotatable bonds is 6. The topological polar surface area (TPSA) is 89.3 Å². The Hall–Kier alpha value is -2.99. The molecule has 1 fully saturated rings. The number of benzene rings is 1. The van der Waals surface area contributed by atoms with Crippen molar-refractivity contribution in [3.05, 3.63) is 70.2 Å². The molecule has 2 atom stereocenters. The minimum absolute atomic E-state index is 0.0407. The van der Waals surface area contributed by atoms with Crippen LogP contribution in [-0.4, -0.2) is 45.8 Å². The minimum Gasteiger partial charge on any atom is -0.393 e. The number of fused-ring (bicyclic) bond motifs is 1. The fraction of sp³-hybridized carbons (Fsp3) is 0.400. The molecular weight excluding hydrogens is 388 g/mol. The standard InChI is InChI=1S/C25H30N4O2/c1-15-9-19-14-29(23-5-4-6-24(23)30)25(31)20(19)11-18(15)10-17-7-8-22(28-12-17)21(13-27-3)16(2)26/h7-9,11-13,23-24,26-27,30H,4-6,10,14H2,1-3H3/b21-13+,26-16?/t23-,24-/m0/s1. The zero-order valence-corrected chi connectivity index (χ0v) is 18.4. The maximum Gasteiger partial charge on any atom is 0.254 e. The highest BCUT2D eigenvalue weighted by Crippen LogP contribution is 2.33. The lowest BCUT2D eigenvalue weighted by Crippen LogP contribution is -2.40. The van der Waals surface area contributed by atoms with Gasteiger partial charge in [0.1, 0.15) is 0 Å². The number of allylic oxidation sites excluding steroid dienone is 1. The van der Waals surface area contributed by atoms with E-state index in [0.29, 0.717) is 18.7 Å². The second-order valence-electron chi connectivity index (χ2n) is 8.63. The summed E-state index contributed by atoms with van der Waals surface area (Å²) in [4.78, 5) is 19.5. The lowest BCUT2D eigenvalue weighted by atomic mass is 9.96. The summed E-state index contributed by atoms with van der Waals surface area (Å²) in [6, 6.07) is 8.06. The molecule has 4 rings (SSSR count). The van der Waals surface area contributed by atoms with Gasteiger partial charge in [0, 0.05) is 42.8 Å². The van der Waals surface area contributed by atoms with Gasteiger partial charge in [0.05, 0.1) is 17.8 Å².